The summed E-state index contributed by atoms with van der Waals surface area (Å²) >= 11 is 0. The lowest BCUT2D eigenvalue weighted by Gasteiger charge is -2.18. The van der Waals surface area contributed by atoms with Crippen LogP contribution in [0.5, 0.6) is 5.75 Å². The van der Waals surface area contributed by atoms with Crippen molar-refractivity contribution in [3.05, 3.63) is 59.2 Å². The van der Waals surface area contributed by atoms with Gasteiger partial charge in [0.1, 0.15) is 11.9 Å². The first kappa shape index (κ1) is 17.0. The standard InChI is InChI=1S/C18H22N2O3S/c1-12-7-8-14(10-18(12)24(19,21)22)13(2)20-11-16-9-15-5-3-4-6-17(15)23-16/h3-8,10,13,16,20H,9,11H2,1-2H3,(H2,19,21,22)/t13-,16-/m0/s1. The smallest absolute Gasteiger partial charge is 0.238 e. The molecule has 0 radical (unpaired) electrons. The van der Waals surface area contributed by atoms with Gasteiger partial charge in [-0.25, -0.2) is 13.6 Å². The fourth-order valence-corrected chi connectivity index (χ4v) is 3.80. The normalized spacial score (nSPS) is 18.0. The maximum absolute atomic E-state index is 11.7. The van der Waals surface area contributed by atoms with Crippen LogP contribution in [0, 0.1) is 6.92 Å². The van der Waals surface area contributed by atoms with Crippen LogP contribution in [0.15, 0.2) is 47.4 Å². The Labute approximate surface area is 142 Å². The van der Waals surface area contributed by atoms with Gasteiger partial charge in [0.2, 0.25) is 10.0 Å². The summed E-state index contributed by atoms with van der Waals surface area (Å²) in [6.45, 7) is 4.43. The van der Waals surface area contributed by atoms with Gasteiger partial charge >= 0.3 is 0 Å². The third-order valence-electron chi connectivity index (χ3n) is 4.38. The van der Waals surface area contributed by atoms with Gasteiger partial charge in [-0.2, -0.15) is 0 Å². The Morgan fingerprint density at radius 2 is 2.04 bits per heavy atom. The van der Waals surface area contributed by atoms with Gasteiger partial charge in [-0.15, -0.1) is 0 Å². The molecule has 0 saturated carbocycles. The Morgan fingerprint density at radius 1 is 1.29 bits per heavy atom. The molecule has 0 aromatic heterocycles. The van der Waals surface area contributed by atoms with Crippen LogP contribution in [0.2, 0.25) is 0 Å². The summed E-state index contributed by atoms with van der Waals surface area (Å²) in [5.41, 5.74) is 2.77. The topological polar surface area (TPSA) is 81.4 Å². The van der Waals surface area contributed by atoms with E-state index in [9.17, 15) is 8.42 Å². The van der Waals surface area contributed by atoms with Crippen molar-refractivity contribution in [2.45, 2.75) is 37.3 Å². The molecule has 0 fully saturated rings. The first-order valence-electron chi connectivity index (χ1n) is 7.96. The van der Waals surface area contributed by atoms with E-state index < -0.39 is 10.0 Å². The number of sulfonamides is 1. The summed E-state index contributed by atoms with van der Waals surface area (Å²) in [4.78, 5) is 0.179. The maximum atomic E-state index is 11.7. The summed E-state index contributed by atoms with van der Waals surface area (Å²) in [5, 5.41) is 8.69. The van der Waals surface area contributed by atoms with E-state index in [0.717, 1.165) is 17.7 Å². The van der Waals surface area contributed by atoms with Crippen molar-refractivity contribution in [1.29, 1.82) is 0 Å². The molecule has 1 heterocycles. The van der Waals surface area contributed by atoms with E-state index in [1.54, 1.807) is 19.1 Å². The van der Waals surface area contributed by atoms with Gasteiger partial charge in [-0.3, -0.25) is 0 Å². The van der Waals surface area contributed by atoms with Gasteiger partial charge in [-0.1, -0.05) is 30.3 Å². The van der Waals surface area contributed by atoms with Gasteiger partial charge in [0.05, 0.1) is 4.90 Å². The van der Waals surface area contributed by atoms with Crippen molar-refractivity contribution in [3.63, 3.8) is 0 Å². The van der Waals surface area contributed by atoms with Crippen LogP contribution in [0.1, 0.15) is 29.7 Å². The number of nitrogens with one attached hydrogen (secondary N) is 1. The van der Waals surface area contributed by atoms with Crippen molar-refractivity contribution >= 4 is 10.0 Å². The van der Waals surface area contributed by atoms with Crippen LogP contribution in [0.25, 0.3) is 0 Å². The highest BCUT2D eigenvalue weighted by Crippen LogP contribution is 2.28. The van der Waals surface area contributed by atoms with Gasteiger partial charge in [-0.05, 0) is 42.7 Å². The molecule has 128 valence electrons. The number of rotatable bonds is 5. The number of nitrogens with two attached hydrogens (primary N) is 1. The number of hydrogen-bond acceptors (Lipinski definition) is 4. The van der Waals surface area contributed by atoms with E-state index >= 15 is 0 Å². The number of ether oxygens (including phenoxy) is 1. The number of primary sulfonamides is 1. The van der Waals surface area contributed by atoms with Crippen LogP contribution in [-0.2, 0) is 16.4 Å². The van der Waals surface area contributed by atoms with Crippen molar-refractivity contribution in [2.75, 3.05) is 6.54 Å². The largest absolute Gasteiger partial charge is 0.488 e. The third-order valence-corrected chi connectivity index (χ3v) is 5.44. The Morgan fingerprint density at radius 3 is 2.75 bits per heavy atom. The summed E-state index contributed by atoms with van der Waals surface area (Å²) in [6.07, 6.45) is 0.972. The van der Waals surface area contributed by atoms with Crippen molar-refractivity contribution in [2.24, 2.45) is 5.14 Å². The van der Waals surface area contributed by atoms with E-state index in [1.807, 2.05) is 31.2 Å². The Balaban J connectivity index is 1.65. The highest BCUT2D eigenvalue weighted by Gasteiger charge is 2.23. The van der Waals surface area contributed by atoms with Crippen LogP contribution in [0.3, 0.4) is 0 Å². The van der Waals surface area contributed by atoms with E-state index in [-0.39, 0.29) is 17.0 Å². The molecule has 0 amide bonds. The molecule has 2 aromatic carbocycles. The van der Waals surface area contributed by atoms with Crippen LogP contribution >= 0.6 is 0 Å². The second-order valence-electron chi connectivity index (χ2n) is 6.25. The fourth-order valence-electron chi connectivity index (χ4n) is 2.99. The van der Waals surface area contributed by atoms with E-state index in [4.69, 9.17) is 9.88 Å². The maximum Gasteiger partial charge on any atom is 0.238 e. The van der Waals surface area contributed by atoms with Crippen molar-refractivity contribution in [1.82, 2.24) is 5.32 Å². The van der Waals surface area contributed by atoms with Gasteiger partial charge in [0, 0.05) is 19.0 Å². The Hall–Kier alpha value is -1.89. The lowest BCUT2D eigenvalue weighted by atomic mass is 10.1. The van der Waals surface area contributed by atoms with Gasteiger partial charge in [0.25, 0.3) is 0 Å². The first-order valence-corrected chi connectivity index (χ1v) is 9.50. The zero-order valence-electron chi connectivity index (χ0n) is 13.8. The van der Waals surface area contributed by atoms with Crippen LogP contribution in [-0.4, -0.2) is 21.1 Å². The molecule has 0 unspecified atom stereocenters. The zero-order valence-corrected chi connectivity index (χ0v) is 14.6. The molecule has 2 atom stereocenters. The molecule has 0 saturated heterocycles. The zero-order chi connectivity index (χ0) is 17.3. The summed E-state index contributed by atoms with van der Waals surface area (Å²) in [5.74, 6) is 0.948. The van der Waals surface area contributed by atoms with Gasteiger partial charge in [0.15, 0.2) is 0 Å². The van der Waals surface area contributed by atoms with Crippen LogP contribution in [0.4, 0.5) is 0 Å². The van der Waals surface area contributed by atoms with Crippen molar-refractivity contribution in [3.8, 4) is 5.75 Å². The first-order chi connectivity index (χ1) is 11.3. The highest BCUT2D eigenvalue weighted by molar-refractivity contribution is 7.89. The fraction of sp³-hybridized carbons (Fsp3) is 0.333. The number of benzene rings is 2. The monoisotopic (exact) mass is 346 g/mol. The molecule has 3 rings (SSSR count). The molecule has 1 aliphatic rings. The Bertz CT molecular complexity index is 824. The second-order valence-corrected chi connectivity index (χ2v) is 7.78. The number of hydrogen-bond donors (Lipinski definition) is 2. The minimum absolute atomic E-state index is 0.00147. The SMILES string of the molecule is Cc1ccc([C@H](C)NC[C@@H]2Cc3ccccc3O2)cc1S(N)(=O)=O. The minimum atomic E-state index is -3.71. The van der Waals surface area contributed by atoms with E-state index in [0.29, 0.717) is 12.1 Å². The molecule has 2 aromatic rings. The number of aryl methyl sites for hydroxylation is 1. The highest BCUT2D eigenvalue weighted by atomic mass is 32.2. The summed E-state index contributed by atoms with van der Waals surface area (Å²) in [6, 6.07) is 13.4. The van der Waals surface area contributed by atoms with E-state index in [1.165, 1.54) is 5.56 Å². The molecule has 0 bridgehead atoms. The molecular formula is C18H22N2O3S. The lowest BCUT2D eigenvalue weighted by Crippen LogP contribution is -2.32. The molecule has 0 spiro atoms. The summed E-state index contributed by atoms with van der Waals surface area (Å²) in [7, 11) is -3.71. The average Bonchev–Trinajstić information content (AvgIpc) is 2.94. The minimum Gasteiger partial charge on any atom is -0.488 e. The third kappa shape index (κ3) is 3.61. The molecule has 3 N–H and O–H groups in total. The molecule has 0 aliphatic carbocycles. The van der Waals surface area contributed by atoms with Gasteiger partial charge < -0.3 is 10.1 Å². The molecule has 1 aliphatic heterocycles. The predicted octanol–water partition coefficient (Wildman–Crippen LogP) is 2.30. The number of para-hydroxylation sites is 1. The average molecular weight is 346 g/mol. The van der Waals surface area contributed by atoms with E-state index in [2.05, 4.69) is 11.4 Å². The Kier molecular flexibility index (Phi) is 4.62. The lowest BCUT2D eigenvalue weighted by molar-refractivity contribution is 0.222. The summed E-state index contributed by atoms with van der Waals surface area (Å²) < 4.78 is 29.2. The van der Waals surface area contributed by atoms with Crippen LogP contribution < -0.4 is 15.2 Å². The predicted molar refractivity (Wildman–Crippen MR) is 93.5 cm³/mol. The molecule has 5 nitrogen and oxygen atoms in total. The van der Waals surface area contributed by atoms with Crippen molar-refractivity contribution < 1.29 is 13.2 Å². The molecular weight excluding hydrogens is 324 g/mol. The number of fused-ring (bicyclic) bond motifs is 1. The second kappa shape index (κ2) is 6.55. The quantitative estimate of drug-likeness (QED) is 0.870. The molecule has 24 heavy (non-hydrogen) atoms. The molecule has 6 heteroatoms.